The van der Waals surface area contributed by atoms with Crippen LogP contribution in [-0.2, 0) is 23.7 Å². The number of hydrogen-bond acceptors (Lipinski definition) is 10. The van der Waals surface area contributed by atoms with Gasteiger partial charge in [0.15, 0.2) is 30.7 Å². The first kappa shape index (κ1) is 29.8. The molecule has 1 fully saturated rings. The average molecular weight is 594 g/mol. The molecule has 222 valence electrons. The van der Waals surface area contributed by atoms with Gasteiger partial charge in [0.25, 0.3) is 0 Å². The smallest absolute Gasteiger partial charge is 0.338 e. The zero-order chi connectivity index (χ0) is 30.9. The summed E-state index contributed by atoms with van der Waals surface area (Å²) in [6.45, 7) is -0.348. The quantitative estimate of drug-likeness (QED) is 0.109. The third-order valence-electron chi connectivity index (χ3n) is 6.74. The predicted molar refractivity (Wildman–Crippen MR) is 156 cm³/mol. The Morgan fingerprint density at radius 2 is 1.34 bits per heavy atom. The molecule has 4 atom stereocenters. The first-order valence-electron chi connectivity index (χ1n) is 13.6. The van der Waals surface area contributed by atoms with Gasteiger partial charge in [-0.15, -0.1) is 0 Å². The van der Waals surface area contributed by atoms with Crippen LogP contribution in [0.25, 0.3) is 0 Å². The molecule has 5 rings (SSSR count). The van der Waals surface area contributed by atoms with Crippen LogP contribution in [0.4, 0.5) is 5.82 Å². The van der Waals surface area contributed by atoms with Crippen molar-refractivity contribution < 1.29 is 38.1 Å². The number of aliphatic imine (C=N–C) groups is 1. The molecule has 11 nitrogen and oxygen atoms in total. The van der Waals surface area contributed by atoms with Gasteiger partial charge >= 0.3 is 17.9 Å². The lowest BCUT2D eigenvalue weighted by atomic mass is 10.1. The Bertz CT molecular complexity index is 1670. The summed E-state index contributed by atoms with van der Waals surface area (Å²) in [5.41, 5.74) is 1.00. The molecule has 0 amide bonds. The Balaban J connectivity index is 1.53. The number of nitrogens with zero attached hydrogens (tertiary/aromatic N) is 3. The fourth-order valence-electron chi connectivity index (χ4n) is 4.65. The van der Waals surface area contributed by atoms with Crippen LogP contribution in [0.15, 0.2) is 108 Å². The third kappa shape index (κ3) is 6.67. The van der Waals surface area contributed by atoms with E-state index >= 15 is 0 Å². The van der Waals surface area contributed by atoms with E-state index in [0.717, 1.165) is 6.40 Å². The van der Waals surface area contributed by atoms with E-state index in [9.17, 15) is 19.6 Å². The number of aromatic nitrogens is 1. The van der Waals surface area contributed by atoms with Crippen molar-refractivity contribution in [2.24, 2.45) is 4.99 Å². The summed E-state index contributed by atoms with van der Waals surface area (Å²) in [6.07, 6.45) is -2.06. The number of rotatable bonds is 10. The van der Waals surface area contributed by atoms with Crippen molar-refractivity contribution in [1.82, 2.24) is 4.57 Å². The standard InChI is InChI=1S/C33H27N3O8/c1-40-21-35-29-25(19-34)17-18-36(29)30-28(44-33(39)24-15-9-4-10-16-24)27(43-32(38)23-13-7-3-8-14-23)26(42-30)20-41-31(37)22-11-5-2-6-12-22/h2-18,21,26-28,30H,20H2,1H3/b35-21+/t26-,27-,28-,30?/m1/s1. The van der Waals surface area contributed by atoms with E-state index in [4.69, 9.17) is 23.7 Å². The molecule has 0 aliphatic carbocycles. The fraction of sp³-hybridized carbons (Fsp3) is 0.182. The highest BCUT2D eigenvalue weighted by Crippen LogP contribution is 2.39. The molecule has 11 heteroatoms. The van der Waals surface area contributed by atoms with Crippen LogP contribution in [0.5, 0.6) is 0 Å². The molecule has 1 aromatic heterocycles. The van der Waals surface area contributed by atoms with Gasteiger partial charge in [-0.1, -0.05) is 54.6 Å². The van der Waals surface area contributed by atoms with Crippen molar-refractivity contribution in [2.75, 3.05) is 13.7 Å². The molecule has 1 saturated heterocycles. The van der Waals surface area contributed by atoms with Crippen LogP contribution < -0.4 is 0 Å². The maximum Gasteiger partial charge on any atom is 0.338 e. The van der Waals surface area contributed by atoms with E-state index in [1.54, 1.807) is 91.0 Å². The highest BCUT2D eigenvalue weighted by Gasteiger charge is 2.52. The molecule has 2 heterocycles. The van der Waals surface area contributed by atoms with Gasteiger partial charge in [-0.05, 0) is 42.5 Å². The van der Waals surface area contributed by atoms with E-state index in [0.29, 0.717) is 5.56 Å². The van der Waals surface area contributed by atoms with Crippen molar-refractivity contribution in [3.05, 3.63) is 126 Å². The Morgan fingerprint density at radius 3 is 1.86 bits per heavy atom. The average Bonchev–Trinajstić information content (AvgIpc) is 3.63. The molecular weight excluding hydrogens is 566 g/mol. The number of nitriles is 1. The second kappa shape index (κ2) is 14.0. The van der Waals surface area contributed by atoms with E-state index in [1.807, 2.05) is 0 Å². The third-order valence-corrected chi connectivity index (χ3v) is 6.74. The van der Waals surface area contributed by atoms with E-state index < -0.39 is 42.4 Å². The Labute approximate surface area is 252 Å². The zero-order valence-corrected chi connectivity index (χ0v) is 23.5. The summed E-state index contributed by atoms with van der Waals surface area (Å²) in [6, 6.07) is 28.5. The van der Waals surface area contributed by atoms with E-state index in [2.05, 4.69) is 11.1 Å². The number of esters is 3. The minimum atomic E-state index is -1.26. The van der Waals surface area contributed by atoms with Crippen LogP contribution in [-0.4, -0.2) is 60.9 Å². The van der Waals surface area contributed by atoms with Crippen molar-refractivity contribution >= 4 is 30.1 Å². The van der Waals surface area contributed by atoms with Gasteiger partial charge < -0.3 is 28.3 Å². The SMILES string of the molecule is CO/C=N/c1c(C#N)ccn1C1O[C@H](COC(=O)c2ccccc2)[C@@H](OC(=O)c2ccccc2)[C@H]1OC(=O)c1ccccc1. The monoisotopic (exact) mass is 593 g/mol. The lowest BCUT2D eigenvalue weighted by Gasteiger charge is -2.25. The molecule has 1 unspecified atom stereocenters. The van der Waals surface area contributed by atoms with Gasteiger partial charge in [0.1, 0.15) is 18.8 Å². The Hall–Kier alpha value is -5.73. The number of methoxy groups -OCH3 is 1. The normalized spacial score (nSPS) is 19.2. The molecule has 4 aromatic rings. The van der Waals surface area contributed by atoms with E-state index in [1.165, 1.54) is 23.9 Å². The maximum atomic E-state index is 13.3. The predicted octanol–water partition coefficient (Wildman–Crippen LogP) is 4.87. The molecule has 1 aliphatic rings. The molecule has 0 spiro atoms. The number of carbonyl (C=O) groups excluding carboxylic acids is 3. The minimum absolute atomic E-state index is 0.148. The van der Waals surface area contributed by atoms with Gasteiger partial charge in [-0.2, -0.15) is 5.26 Å². The number of carbonyl (C=O) groups is 3. The first-order chi connectivity index (χ1) is 21.5. The van der Waals surface area contributed by atoms with Crippen LogP contribution in [0.1, 0.15) is 42.9 Å². The summed E-state index contributed by atoms with van der Waals surface area (Å²) < 4.78 is 30.2. The zero-order valence-electron chi connectivity index (χ0n) is 23.5. The van der Waals surface area contributed by atoms with Crippen LogP contribution in [0.3, 0.4) is 0 Å². The van der Waals surface area contributed by atoms with E-state index in [-0.39, 0.29) is 29.1 Å². The van der Waals surface area contributed by atoms with Gasteiger partial charge in [-0.25, -0.2) is 19.4 Å². The molecule has 3 aromatic carbocycles. The summed E-state index contributed by atoms with van der Waals surface area (Å²) in [7, 11) is 1.40. The minimum Gasteiger partial charge on any atom is -0.486 e. The van der Waals surface area contributed by atoms with Crippen LogP contribution >= 0.6 is 0 Å². The molecular formula is C33H27N3O8. The number of hydrogen-bond donors (Lipinski definition) is 0. The second-order valence-electron chi connectivity index (χ2n) is 9.54. The summed E-state index contributed by atoms with van der Waals surface area (Å²) >= 11 is 0. The highest BCUT2D eigenvalue weighted by atomic mass is 16.7. The van der Waals surface area contributed by atoms with Crippen molar-refractivity contribution in [1.29, 1.82) is 5.26 Å². The highest BCUT2D eigenvalue weighted by molar-refractivity contribution is 5.91. The lowest BCUT2D eigenvalue weighted by Crippen LogP contribution is -2.41. The topological polar surface area (TPSA) is 138 Å². The van der Waals surface area contributed by atoms with Crippen molar-refractivity contribution in [3.8, 4) is 6.07 Å². The molecule has 0 saturated carbocycles. The summed E-state index contributed by atoms with van der Waals surface area (Å²) in [5, 5.41) is 9.71. The van der Waals surface area contributed by atoms with Gasteiger partial charge in [0, 0.05) is 6.20 Å². The van der Waals surface area contributed by atoms with Crippen LogP contribution in [0.2, 0.25) is 0 Å². The molecule has 0 radical (unpaired) electrons. The Morgan fingerprint density at radius 1 is 0.818 bits per heavy atom. The van der Waals surface area contributed by atoms with Gasteiger partial charge in [0.2, 0.25) is 0 Å². The maximum absolute atomic E-state index is 13.3. The van der Waals surface area contributed by atoms with Crippen molar-refractivity contribution in [2.45, 2.75) is 24.5 Å². The van der Waals surface area contributed by atoms with Crippen molar-refractivity contribution in [3.63, 3.8) is 0 Å². The van der Waals surface area contributed by atoms with Gasteiger partial charge in [0.05, 0.1) is 29.4 Å². The lowest BCUT2D eigenvalue weighted by molar-refractivity contribution is -0.0612. The fourth-order valence-corrected chi connectivity index (χ4v) is 4.65. The molecule has 44 heavy (non-hydrogen) atoms. The van der Waals surface area contributed by atoms with Gasteiger partial charge in [-0.3, -0.25) is 0 Å². The molecule has 0 N–H and O–H groups in total. The Kier molecular flexibility index (Phi) is 9.44. The largest absolute Gasteiger partial charge is 0.486 e. The molecule has 0 bridgehead atoms. The molecule has 1 aliphatic heterocycles. The second-order valence-corrected chi connectivity index (χ2v) is 9.54. The summed E-state index contributed by atoms with van der Waals surface area (Å²) in [4.78, 5) is 43.7. The number of ether oxygens (including phenoxy) is 5. The first-order valence-corrected chi connectivity index (χ1v) is 13.6. The number of benzene rings is 3. The van der Waals surface area contributed by atoms with Crippen LogP contribution in [0, 0.1) is 11.3 Å². The summed E-state index contributed by atoms with van der Waals surface area (Å²) in [5.74, 6) is -1.89.